The lowest BCUT2D eigenvalue weighted by Crippen LogP contribution is -2.21. The SMILES string of the molecule is C=CCCOc1ccc(OC)cc1CC(N)CC. The maximum atomic E-state index is 6.01. The molecule has 0 aliphatic rings. The molecular formula is C15H23NO2. The van der Waals surface area contributed by atoms with Crippen LogP contribution in [0.4, 0.5) is 0 Å². The molecule has 1 unspecified atom stereocenters. The molecule has 0 saturated heterocycles. The molecule has 0 aromatic heterocycles. The van der Waals surface area contributed by atoms with Gasteiger partial charge < -0.3 is 15.2 Å². The predicted octanol–water partition coefficient (Wildman–Crippen LogP) is 2.93. The molecule has 0 spiro atoms. The third-order valence-electron chi connectivity index (χ3n) is 2.85. The summed E-state index contributed by atoms with van der Waals surface area (Å²) in [5.41, 5.74) is 7.11. The second kappa shape index (κ2) is 7.77. The molecule has 1 rings (SSSR count). The molecule has 1 atom stereocenters. The van der Waals surface area contributed by atoms with Gasteiger partial charge in [-0.2, -0.15) is 0 Å². The van der Waals surface area contributed by atoms with Gasteiger partial charge in [-0.25, -0.2) is 0 Å². The van der Waals surface area contributed by atoms with Gasteiger partial charge in [-0.15, -0.1) is 6.58 Å². The van der Waals surface area contributed by atoms with E-state index >= 15 is 0 Å². The first-order valence-corrected chi connectivity index (χ1v) is 6.37. The number of rotatable bonds is 8. The second-order valence-corrected chi connectivity index (χ2v) is 4.27. The van der Waals surface area contributed by atoms with Gasteiger partial charge in [0.1, 0.15) is 11.5 Å². The Hall–Kier alpha value is -1.48. The van der Waals surface area contributed by atoms with Crippen molar-refractivity contribution in [3.63, 3.8) is 0 Å². The zero-order chi connectivity index (χ0) is 13.4. The first kappa shape index (κ1) is 14.6. The maximum absolute atomic E-state index is 6.01. The van der Waals surface area contributed by atoms with Gasteiger partial charge >= 0.3 is 0 Å². The smallest absolute Gasteiger partial charge is 0.122 e. The molecule has 0 bridgehead atoms. The van der Waals surface area contributed by atoms with Crippen molar-refractivity contribution >= 4 is 0 Å². The number of hydrogen-bond donors (Lipinski definition) is 1. The fourth-order valence-corrected chi connectivity index (χ4v) is 1.66. The molecule has 1 aromatic rings. The summed E-state index contributed by atoms with van der Waals surface area (Å²) in [6.07, 6.45) is 4.44. The summed E-state index contributed by atoms with van der Waals surface area (Å²) in [4.78, 5) is 0. The van der Waals surface area contributed by atoms with E-state index in [1.54, 1.807) is 7.11 Å². The molecule has 100 valence electrons. The van der Waals surface area contributed by atoms with Crippen molar-refractivity contribution in [2.75, 3.05) is 13.7 Å². The molecule has 0 aliphatic heterocycles. The minimum absolute atomic E-state index is 0.152. The number of ether oxygens (including phenoxy) is 2. The molecule has 0 aliphatic carbocycles. The second-order valence-electron chi connectivity index (χ2n) is 4.27. The number of nitrogens with two attached hydrogens (primary N) is 1. The van der Waals surface area contributed by atoms with Crippen LogP contribution in [0.25, 0.3) is 0 Å². The zero-order valence-electron chi connectivity index (χ0n) is 11.3. The van der Waals surface area contributed by atoms with Crippen molar-refractivity contribution in [3.8, 4) is 11.5 Å². The van der Waals surface area contributed by atoms with Crippen molar-refractivity contribution in [3.05, 3.63) is 36.4 Å². The van der Waals surface area contributed by atoms with Crippen LogP contribution in [0.2, 0.25) is 0 Å². The first-order chi connectivity index (χ1) is 8.71. The van der Waals surface area contributed by atoms with E-state index in [0.29, 0.717) is 6.61 Å². The van der Waals surface area contributed by atoms with Crippen LogP contribution in [-0.2, 0) is 6.42 Å². The third kappa shape index (κ3) is 4.41. The highest BCUT2D eigenvalue weighted by atomic mass is 16.5. The van der Waals surface area contributed by atoms with Crippen LogP contribution < -0.4 is 15.2 Å². The summed E-state index contributed by atoms with van der Waals surface area (Å²) in [7, 11) is 1.66. The normalized spacial score (nSPS) is 11.9. The summed E-state index contributed by atoms with van der Waals surface area (Å²) in [6.45, 7) is 6.41. The fraction of sp³-hybridized carbons (Fsp3) is 0.467. The van der Waals surface area contributed by atoms with E-state index in [-0.39, 0.29) is 6.04 Å². The van der Waals surface area contributed by atoms with Gasteiger partial charge in [-0.3, -0.25) is 0 Å². The van der Waals surface area contributed by atoms with Crippen LogP contribution in [0.1, 0.15) is 25.3 Å². The monoisotopic (exact) mass is 249 g/mol. The molecule has 0 heterocycles. The van der Waals surface area contributed by atoms with E-state index in [9.17, 15) is 0 Å². The van der Waals surface area contributed by atoms with Crippen LogP contribution in [0.3, 0.4) is 0 Å². The lowest BCUT2D eigenvalue weighted by molar-refractivity contribution is 0.319. The van der Waals surface area contributed by atoms with Crippen molar-refractivity contribution in [2.24, 2.45) is 5.73 Å². The number of benzene rings is 1. The first-order valence-electron chi connectivity index (χ1n) is 6.37. The van der Waals surface area contributed by atoms with E-state index < -0.39 is 0 Å². The van der Waals surface area contributed by atoms with Crippen LogP contribution >= 0.6 is 0 Å². The van der Waals surface area contributed by atoms with Gasteiger partial charge in [0.05, 0.1) is 13.7 Å². The van der Waals surface area contributed by atoms with Crippen molar-refractivity contribution in [1.29, 1.82) is 0 Å². The average molecular weight is 249 g/mol. The topological polar surface area (TPSA) is 44.5 Å². The summed E-state index contributed by atoms with van der Waals surface area (Å²) in [5, 5.41) is 0. The Bertz CT molecular complexity index is 377. The van der Waals surface area contributed by atoms with Crippen molar-refractivity contribution in [2.45, 2.75) is 32.2 Å². The largest absolute Gasteiger partial charge is 0.497 e. The molecular weight excluding hydrogens is 226 g/mol. The molecule has 0 amide bonds. The molecule has 0 fully saturated rings. The summed E-state index contributed by atoms with van der Waals surface area (Å²) in [6, 6.07) is 6.00. The van der Waals surface area contributed by atoms with Gasteiger partial charge in [0.15, 0.2) is 0 Å². The van der Waals surface area contributed by atoms with E-state index in [4.69, 9.17) is 15.2 Å². The van der Waals surface area contributed by atoms with Gasteiger partial charge in [0.2, 0.25) is 0 Å². The Balaban J connectivity index is 2.82. The van der Waals surface area contributed by atoms with Gasteiger partial charge in [-0.05, 0) is 43.0 Å². The number of hydrogen-bond acceptors (Lipinski definition) is 3. The maximum Gasteiger partial charge on any atom is 0.122 e. The quantitative estimate of drug-likeness (QED) is 0.569. The molecule has 2 N–H and O–H groups in total. The lowest BCUT2D eigenvalue weighted by Gasteiger charge is -2.15. The fourth-order valence-electron chi connectivity index (χ4n) is 1.66. The molecule has 0 saturated carbocycles. The van der Waals surface area contributed by atoms with Crippen LogP contribution in [0.15, 0.2) is 30.9 Å². The average Bonchev–Trinajstić information content (AvgIpc) is 2.40. The highest BCUT2D eigenvalue weighted by Gasteiger charge is 2.09. The summed E-state index contributed by atoms with van der Waals surface area (Å²) in [5.74, 6) is 1.73. The summed E-state index contributed by atoms with van der Waals surface area (Å²) < 4.78 is 11.0. The Labute approximate surface area is 110 Å². The van der Waals surface area contributed by atoms with E-state index in [2.05, 4.69) is 13.5 Å². The number of methoxy groups -OCH3 is 1. The Morgan fingerprint density at radius 2 is 2.22 bits per heavy atom. The molecule has 18 heavy (non-hydrogen) atoms. The zero-order valence-corrected chi connectivity index (χ0v) is 11.3. The molecule has 1 aromatic carbocycles. The predicted molar refractivity (Wildman–Crippen MR) is 75.3 cm³/mol. The standard InChI is InChI=1S/C15H23NO2/c1-4-6-9-18-15-8-7-14(17-3)11-12(15)10-13(16)5-2/h4,7-8,11,13H,1,5-6,9-10,16H2,2-3H3. The van der Waals surface area contributed by atoms with Crippen LogP contribution in [0, 0.1) is 0 Å². The Kier molecular flexibility index (Phi) is 6.29. The Morgan fingerprint density at radius 3 is 2.83 bits per heavy atom. The van der Waals surface area contributed by atoms with E-state index in [0.717, 1.165) is 36.3 Å². The molecule has 0 radical (unpaired) electrons. The van der Waals surface area contributed by atoms with E-state index in [1.807, 2.05) is 24.3 Å². The van der Waals surface area contributed by atoms with Gasteiger partial charge in [-0.1, -0.05) is 13.0 Å². The third-order valence-corrected chi connectivity index (χ3v) is 2.85. The van der Waals surface area contributed by atoms with Gasteiger partial charge in [0, 0.05) is 6.04 Å². The highest BCUT2D eigenvalue weighted by Crippen LogP contribution is 2.25. The molecule has 3 heteroatoms. The minimum atomic E-state index is 0.152. The van der Waals surface area contributed by atoms with Crippen LogP contribution in [-0.4, -0.2) is 19.8 Å². The minimum Gasteiger partial charge on any atom is -0.497 e. The van der Waals surface area contributed by atoms with Crippen molar-refractivity contribution < 1.29 is 9.47 Å². The van der Waals surface area contributed by atoms with Crippen molar-refractivity contribution in [1.82, 2.24) is 0 Å². The lowest BCUT2D eigenvalue weighted by atomic mass is 10.0. The molecule has 3 nitrogen and oxygen atoms in total. The Morgan fingerprint density at radius 1 is 1.44 bits per heavy atom. The van der Waals surface area contributed by atoms with Crippen LogP contribution in [0.5, 0.6) is 11.5 Å². The summed E-state index contributed by atoms with van der Waals surface area (Å²) >= 11 is 0. The van der Waals surface area contributed by atoms with E-state index in [1.165, 1.54) is 0 Å². The highest BCUT2D eigenvalue weighted by molar-refractivity contribution is 5.40. The van der Waals surface area contributed by atoms with Gasteiger partial charge in [0.25, 0.3) is 0 Å².